The molecule has 0 aliphatic carbocycles. The van der Waals surface area contributed by atoms with Gasteiger partial charge in [0, 0.05) is 47.9 Å². The molecule has 7 heteroatoms. The summed E-state index contributed by atoms with van der Waals surface area (Å²) < 4.78 is 5.49. The molecular weight excluding hydrogens is 356 g/mol. The molecule has 136 valence electrons. The van der Waals surface area contributed by atoms with Crippen molar-refractivity contribution in [2.45, 2.75) is 18.3 Å². The number of amides is 1. The number of benzene rings is 2. The Balaban J connectivity index is 1.74. The first-order valence-electron chi connectivity index (χ1n) is 8.37. The summed E-state index contributed by atoms with van der Waals surface area (Å²) >= 11 is 6.00. The first-order chi connectivity index (χ1) is 12.5. The third kappa shape index (κ3) is 4.03. The molecule has 0 atom stereocenters. The molecule has 1 N–H and O–H groups in total. The molecule has 1 aliphatic heterocycles. The van der Waals surface area contributed by atoms with Crippen molar-refractivity contribution in [2.75, 3.05) is 19.8 Å². The van der Waals surface area contributed by atoms with E-state index in [0.29, 0.717) is 30.3 Å². The van der Waals surface area contributed by atoms with Crippen LogP contribution >= 0.6 is 11.6 Å². The number of non-ortho nitro benzene ring substituents is 1. The summed E-state index contributed by atoms with van der Waals surface area (Å²) in [6.45, 7) is 1.74. The van der Waals surface area contributed by atoms with Crippen LogP contribution in [0.25, 0.3) is 0 Å². The molecule has 6 nitrogen and oxygen atoms in total. The van der Waals surface area contributed by atoms with Crippen LogP contribution in [-0.2, 0) is 10.2 Å². The number of carbonyl (C=O) groups excluding carboxylic acids is 1. The van der Waals surface area contributed by atoms with E-state index in [1.54, 1.807) is 0 Å². The number of nitrogens with one attached hydrogen (secondary N) is 1. The molecule has 2 aromatic carbocycles. The molecular formula is C19H19ClN2O4. The van der Waals surface area contributed by atoms with Gasteiger partial charge in [0.15, 0.2) is 0 Å². The molecule has 0 saturated carbocycles. The predicted molar refractivity (Wildman–Crippen MR) is 98.6 cm³/mol. The summed E-state index contributed by atoms with van der Waals surface area (Å²) in [7, 11) is 0. The molecule has 1 fully saturated rings. The van der Waals surface area contributed by atoms with Crippen molar-refractivity contribution in [1.29, 1.82) is 0 Å². The maximum absolute atomic E-state index is 12.5. The molecule has 0 aromatic heterocycles. The smallest absolute Gasteiger partial charge is 0.269 e. The maximum atomic E-state index is 12.5. The summed E-state index contributed by atoms with van der Waals surface area (Å²) in [6, 6.07) is 13.3. The van der Waals surface area contributed by atoms with Crippen LogP contribution in [0, 0.1) is 10.1 Å². The van der Waals surface area contributed by atoms with Gasteiger partial charge in [-0.05, 0) is 42.7 Å². The molecule has 1 amide bonds. The average molecular weight is 375 g/mol. The topological polar surface area (TPSA) is 81.5 Å². The second kappa shape index (κ2) is 7.85. The van der Waals surface area contributed by atoms with Gasteiger partial charge in [0.05, 0.1) is 4.92 Å². The van der Waals surface area contributed by atoms with E-state index in [4.69, 9.17) is 16.3 Å². The monoisotopic (exact) mass is 374 g/mol. The Morgan fingerprint density at radius 1 is 1.12 bits per heavy atom. The van der Waals surface area contributed by atoms with E-state index < -0.39 is 4.92 Å². The van der Waals surface area contributed by atoms with Crippen LogP contribution in [-0.4, -0.2) is 30.6 Å². The Bertz CT molecular complexity index is 784. The van der Waals surface area contributed by atoms with Crippen LogP contribution in [0.15, 0.2) is 48.5 Å². The maximum Gasteiger partial charge on any atom is 0.269 e. The SMILES string of the molecule is O=C(NCC1(c2ccc(Cl)cc2)CCOCC1)c1ccc([N+](=O)[O-])cc1. The van der Waals surface area contributed by atoms with E-state index in [1.165, 1.54) is 24.3 Å². The van der Waals surface area contributed by atoms with Gasteiger partial charge in [0.25, 0.3) is 11.6 Å². The molecule has 2 aromatic rings. The minimum atomic E-state index is -0.487. The van der Waals surface area contributed by atoms with Gasteiger partial charge < -0.3 is 10.1 Å². The van der Waals surface area contributed by atoms with E-state index in [9.17, 15) is 14.9 Å². The number of carbonyl (C=O) groups is 1. The third-order valence-electron chi connectivity index (χ3n) is 4.83. The highest BCUT2D eigenvalue weighted by Crippen LogP contribution is 2.35. The predicted octanol–water partition coefficient (Wildman–Crippen LogP) is 3.73. The molecule has 0 bridgehead atoms. The van der Waals surface area contributed by atoms with Crippen molar-refractivity contribution >= 4 is 23.2 Å². The number of nitro groups is 1. The van der Waals surface area contributed by atoms with Crippen LogP contribution in [0.5, 0.6) is 0 Å². The Kier molecular flexibility index (Phi) is 5.54. The largest absolute Gasteiger partial charge is 0.381 e. The lowest BCUT2D eigenvalue weighted by molar-refractivity contribution is -0.384. The summed E-state index contributed by atoms with van der Waals surface area (Å²) in [5.41, 5.74) is 1.27. The van der Waals surface area contributed by atoms with Gasteiger partial charge in [-0.25, -0.2) is 0 Å². The van der Waals surface area contributed by atoms with Gasteiger partial charge >= 0.3 is 0 Å². The number of rotatable bonds is 5. The van der Waals surface area contributed by atoms with Gasteiger partial charge in [-0.1, -0.05) is 23.7 Å². The lowest BCUT2D eigenvalue weighted by Crippen LogP contribution is -2.44. The number of nitro benzene ring substituents is 1. The molecule has 1 aliphatic rings. The van der Waals surface area contributed by atoms with E-state index >= 15 is 0 Å². The minimum Gasteiger partial charge on any atom is -0.381 e. The summed E-state index contributed by atoms with van der Waals surface area (Å²) in [5.74, 6) is -0.250. The first-order valence-corrected chi connectivity index (χ1v) is 8.74. The van der Waals surface area contributed by atoms with Gasteiger partial charge in [-0.3, -0.25) is 14.9 Å². The van der Waals surface area contributed by atoms with E-state index in [0.717, 1.165) is 18.4 Å². The average Bonchev–Trinajstić information content (AvgIpc) is 2.67. The Morgan fingerprint density at radius 2 is 1.73 bits per heavy atom. The zero-order valence-electron chi connectivity index (χ0n) is 14.1. The molecule has 0 spiro atoms. The first kappa shape index (κ1) is 18.4. The van der Waals surface area contributed by atoms with Crippen LogP contribution < -0.4 is 5.32 Å². The molecule has 0 radical (unpaired) electrons. The number of ether oxygens (including phenoxy) is 1. The quantitative estimate of drug-likeness (QED) is 0.638. The second-order valence-corrected chi connectivity index (χ2v) is 6.82. The fourth-order valence-corrected chi connectivity index (χ4v) is 3.35. The lowest BCUT2D eigenvalue weighted by Gasteiger charge is -2.38. The van der Waals surface area contributed by atoms with Crippen molar-refractivity contribution in [3.05, 3.63) is 74.8 Å². The van der Waals surface area contributed by atoms with Crippen molar-refractivity contribution in [1.82, 2.24) is 5.32 Å². The molecule has 3 rings (SSSR count). The van der Waals surface area contributed by atoms with Gasteiger partial charge in [-0.2, -0.15) is 0 Å². The second-order valence-electron chi connectivity index (χ2n) is 6.39. The van der Waals surface area contributed by atoms with Gasteiger partial charge in [0.1, 0.15) is 0 Å². The molecule has 26 heavy (non-hydrogen) atoms. The summed E-state index contributed by atoms with van der Waals surface area (Å²) in [5, 5.41) is 14.4. The van der Waals surface area contributed by atoms with Crippen LogP contribution in [0.3, 0.4) is 0 Å². The van der Waals surface area contributed by atoms with Gasteiger partial charge in [-0.15, -0.1) is 0 Å². The zero-order chi connectivity index (χ0) is 18.6. The van der Waals surface area contributed by atoms with Crippen LogP contribution in [0.1, 0.15) is 28.8 Å². The highest BCUT2D eigenvalue weighted by molar-refractivity contribution is 6.30. The normalized spacial score (nSPS) is 16.0. The highest BCUT2D eigenvalue weighted by atomic mass is 35.5. The van der Waals surface area contributed by atoms with Crippen molar-refractivity contribution in [3.63, 3.8) is 0 Å². The fourth-order valence-electron chi connectivity index (χ4n) is 3.22. The third-order valence-corrected chi connectivity index (χ3v) is 5.09. The highest BCUT2D eigenvalue weighted by Gasteiger charge is 2.35. The van der Waals surface area contributed by atoms with Crippen molar-refractivity contribution in [3.8, 4) is 0 Å². The van der Waals surface area contributed by atoms with Crippen molar-refractivity contribution < 1.29 is 14.5 Å². The number of halogens is 1. The Morgan fingerprint density at radius 3 is 2.31 bits per heavy atom. The lowest BCUT2D eigenvalue weighted by atomic mass is 9.74. The summed E-state index contributed by atoms with van der Waals surface area (Å²) in [6.07, 6.45) is 1.60. The standard InChI is InChI=1S/C19H19ClN2O4/c20-16-5-3-15(4-6-16)19(9-11-26-12-10-19)13-21-18(23)14-1-7-17(8-2-14)22(24)25/h1-8H,9-13H2,(H,21,23). The number of nitrogens with zero attached hydrogens (tertiary/aromatic N) is 1. The van der Waals surface area contributed by atoms with E-state index in [2.05, 4.69) is 5.32 Å². The van der Waals surface area contributed by atoms with Crippen molar-refractivity contribution in [2.24, 2.45) is 0 Å². The molecule has 1 heterocycles. The number of hydrogen-bond donors (Lipinski definition) is 1. The number of hydrogen-bond acceptors (Lipinski definition) is 4. The van der Waals surface area contributed by atoms with E-state index in [-0.39, 0.29) is 17.0 Å². The molecule has 1 saturated heterocycles. The molecule has 0 unspecified atom stereocenters. The van der Waals surface area contributed by atoms with Gasteiger partial charge in [0.2, 0.25) is 0 Å². The van der Waals surface area contributed by atoms with Crippen LogP contribution in [0.4, 0.5) is 5.69 Å². The summed E-state index contributed by atoms with van der Waals surface area (Å²) in [4.78, 5) is 22.7. The Labute approximate surface area is 156 Å². The Hall–Kier alpha value is -2.44. The minimum absolute atomic E-state index is 0.0383. The fraction of sp³-hybridized carbons (Fsp3) is 0.316. The van der Waals surface area contributed by atoms with E-state index in [1.807, 2.05) is 24.3 Å². The zero-order valence-corrected chi connectivity index (χ0v) is 14.9. The van der Waals surface area contributed by atoms with Crippen LogP contribution in [0.2, 0.25) is 5.02 Å².